The summed E-state index contributed by atoms with van der Waals surface area (Å²) in [6, 6.07) is 6.45. The van der Waals surface area contributed by atoms with Crippen molar-refractivity contribution in [2.75, 3.05) is 0 Å². The lowest BCUT2D eigenvalue weighted by atomic mass is 10.2. The molecule has 0 atom stereocenters. The summed E-state index contributed by atoms with van der Waals surface area (Å²) in [5.74, 6) is -0.453. The van der Waals surface area contributed by atoms with Crippen LogP contribution in [0.15, 0.2) is 41.1 Å². The van der Waals surface area contributed by atoms with Crippen LogP contribution < -0.4 is 5.32 Å². The second kappa shape index (κ2) is 6.47. The Bertz CT molecular complexity index is 557. The molecule has 0 saturated heterocycles. The molecule has 1 N–H and O–H groups in total. The number of hydrogen-bond acceptors (Lipinski definition) is 2. The number of benzene rings is 1. The molecule has 1 aromatic carbocycles. The van der Waals surface area contributed by atoms with Crippen molar-refractivity contribution in [1.29, 1.82) is 0 Å². The van der Waals surface area contributed by atoms with E-state index < -0.39 is 0 Å². The number of rotatable bonds is 5. The minimum Gasteiger partial charge on any atom is -0.352 e. The molecule has 0 fully saturated rings. The normalized spacial score (nSPS) is 10.4. The zero-order chi connectivity index (χ0) is 13.7. The number of nitrogens with zero attached hydrogens (tertiary/aromatic N) is 2. The molecule has 2 rings (SSSR count). The van der Waals surface area contributed by atoms with Gasteiger partial charge in [0.2, 0.25) is 5.91 Å². The largest absolute Gasteiger partial charge is 0.352 e. The van der Waals surface area contributed by atoms with Crippen molar-refractivity contribution in [3.63, 3.8) is 0 Å². The molecule has 0 aliphatic carbocycles. The summed E-state index contributed by atoms with van der Waals surface area (Å²) in [5, 5.41) is 6.69. The minimum atomic E-state index is -0.324. The first-order valence-corrected chi connectivity index (χ1v) is 6.62. The van der Waals surface area contributed by atoms with Gasteiger partial charge in [-0.3, -0.25) is 9.48 Å². The standard InChI is InChI=1S/C13H13BrFN3O/c14-11-2-3-12(15)10(8-11)9-16-13(19)4-7-18-6-1-5-17-18/h1-3,5-6,8H,4,7,9H2,(H,16,19). The van der Waals surface area contributed by atoms with Crippen LogP contribution in [-0.2, 0) is 17.9 Å². The third-order valence-electron chi connectivity index (χ3n) is 2.61. The Labute approximate surface area is 118 Å². The first-order valence-electron chi connectivity index (χ1n) is 5.83. The number of amides is 1. The molecule has 19 heavy (non-hydrogen) atoms. The Morgan fingerprint density at radius 1 is 1.47 bits per heavy atom. The summed E-state index contributed by atoms with van der Waals surface area (Å²) < 4.78 is 15.9. The van der Waals surface area contributed by atoms with E-state index in [4.69, 9.17) is 0 Å². The third-order valence-corrected chi connectivity index (χ3v) is 3.10. The second-order valence-electron chi connectivity index (χ2n) is 4.03. The second-order valence-corrected chi connectivity index (χ2v) is 4.95. The monoisotopic (exact) mass is 325 g/mol. The van der Waals surface area contributed by atoms with Crippen LogP contribution >= 0.6 is 15.9 Å². The summed E-state index contributed by atoms with van der Waals surface area (Å²) in [4.78, 5) is 11.6. The lowest BCUT2D eigenvalue weighted by Crippen LogP contribution is -2.24. The van der Waals surface area contributed by atoms with Gasteiger partial charge in [0, 0.05) is 41.9 Å². The molecule has 0 aliphatic heterocycles. The molecule has 0 spiro atoms. The van der Waals surface area contributed by atoms with Crippen molar-refractivity contribution in [2.24, 2.45) is 0 Å². The lowest BCUT2D eigenvalue weighted by molar-refractivity contribution is -0.121. The van der Waals surface area contributed by atoms with E-state index in [1.165, 1.54) is 6.07 Å². The Balaban J connectivity index is 1.81. The fraction of sp³-hybridized carbons (Fsp3) is 0.231. The van der Waals surface area contributed by atoms with Gasteiger partial charge in [-0.25, -0.2) is 4.39 Å². The van der Waals surface area contributed by atoms with Crippen LogP contribution in [0.4, 0.5) is 4.39 Å². The van der Waals surface area contributed by atoms with Crippen LogP contribution in [0.3, 0.4) is 0 Å². The van der Waals surface area contributed by atoms with Gasteiger partial charge in [-0.1, -0.05) is 15.9 Å². The van der Waals surface area contributed by atoms with Crippen molar-refractivity contribution in [3.05, 3.63) is 52.5 Å². The molecular formula is C13H13BrFN3O. The third kappa shape index (κ3) is 4.17. The van der Waals surface area contributed by atoms with E-state index in [-0.39, 0.29) is 18.3 Å². The summed E-state index contributed by atoms with van der Waals surface area (Å²) in [6.45, 7) is 0.697. The van der Waals surface area contributed by atoms with Crippen LogP contribution in [0.1, 0.15) is 12.0 Å². The van der Waals surface area contributed by atoms with Gasteiger partial charge in [0.1, 0.15) is 5.82 Å². The number of hydrogen-bond donors (Lipinski definition) is 1. The number of aryl methyl sites for hydroxylation is 1. The van der Waals surface area contributed by atoms with Crippen LogP contribution in [-0.4, -0.2) is 15.7 Å². The molecule has 1 aromatic heterocycles. The molecule has 1 heterocycles. The highest BCUT2D eigenvalue weighted by molar-refractivity contribution is 9.10. The van der Waals surface area contributed by atoms with Gasteiger partial charge in [-0.15, -0.1) is 0 Å². The maximum Gasteiger partial charge on any atom is 0.222 e. The number of halogens is 2. The van der Waals surface area contributed by atoms with Crippen molar-refractivity contribution < 1.29 is 9.18 Å². The Hall–Kier alpha value is -1.69. The molecule has 4 nitrogen and oxygen atoms in total. The van der Waals surface area contributed by atoms with Gasteiger partial charge in [-0.05, 0) is 24.3 Å². The van der Waals surface area contributed by atoms with Gasteiger partial charge < -0.3 is 5.32 Å². The van der Waals surface area contributed by atoms with Crippen LogP contribution in [0, 0.1) is 5.82 Å². The van der Waals surface area contributed by atoms with Gasteiger partial charge in [0.05, 0.1) is 0 Å². The highest BCUT2D eigenvalue weighted by Gasteiger charge is 2.06. The van der Waals surface area contributed by atoms with Gasteiger partial charge >= 0.3 is 0 Å². The first-order chi connectivity index (χ1) is 9.15. The van der Waals surface area contributed by atoms with Gasteiger partial charge in [0.15, 0.2) is 0 Å². The van der Waals surface area contributed by atoms with Gasteiger partial charge in [-0.2, -0.15) is 5.10 Å². The van der Waals surface area contributed by atoms with Crippen molar-refractivity contribution in [2.45, 2.75) is 19.5 Å². The van der Waals surface area contributed by atoms with E-state index >= 15 is 0 Å². The van der Waals surface area contributed by atoms with Crippen LogP contribution in [0.25, 0.3) is 0 Å². The highest BCUT2D eigenvalue weighted by atomic mass is 79.9. The molecule has 0 radical (unpaired) electrons. The van der Waals surface area contributed by atoms with E-state index in [1.807, 2.05) is 0 Å². The molecule has 0 bridgehead atoms. The van der Waals surface area contributed by atoms with E-state index in [1.54, 1.807) is 35.3 Å². The smallest absolute Gasteiger partial charge is 0.222 e. The molecular weight excluding hydrogens is 313 g/mol. The van der Waals surface area contributed by atoms with Gasteiger partial charge in [0.25, 0.3) is 0 Å². The Morgan fingerprint density at radius 2 is 2.32 bits per heavy atom. The fourth-order valence-corrected chi connectivity index (χ4v) is 2.02. The van der Waals surface area contributed by atoms with E-state index in [2.05, 4.69) is 26.3 Å². The molecule has 2 aromatic rings. The zero-order valence-electron chi connectivity index (χ0n) is 10.1. The van der Waals surface area contributed by atoms with Crippen molar-refractivity contribution >= 4 is 21.8 Å². The molecule has 1 amide bonds. The van der Waals surface area contributed by atoms with Crippen LogP contribution in [0.2, 0.25) is 0 Å². The number of carbonyl (C=O) groups excluding carboxylic acids is 1. The minimum absolute atomic E-state index is 0.130. The average molecular weight is 326 g/mol. The molecule has 0 unspecified atom stereocenters. The quantitative estimate of drug-likeness (QED) is 0.918. The van der Waals surface area contributed by atoms with E-state index in [9.17, 15) is 9.18 Å². The topological polar surface area (TPSA) is 46.9 Å². The maximum atomic E-state index is 13.4. The van der Waals surface area contributed by atoms with Crippen molar-refractivity contribution in [3.8, 4) is 0 Å². The SMILES string of the molecule is O=C(CCn1cccn1)NCc1cc(Br)ccc1F. The maximum absolute atomic E-state index is 13.4. The van der Waals surface area contributed by atoms with Crippen LogP contribution in [0.5, 0.6) is 0 Å². The number of aromatic nitrogens is 2. The summed E-state index contributed by atoms with van der Waals surface area (Å²) in [5.41, 5.74) is 0.460. The molecule has 100 valence electrons. The molecule has 6 heteroatoms. The number of nitrogens with one attached hydrogen (secondary N) is 1. The predicted octanol–water partition coefficient (Wildman–Crippen LogP) is 2.49. The Kier molecular flexibility index (Phi) is 4.68. The summed E-state index contributed by atoms with van der Waals surface area (Å²) in [6.07, 6.45) is 3.77. The predicted molar refractivity (Wildman–Crippen MR) is 72.8 cm³/mol. The molecule has 0 saturated carbocycles. The zero-order valence-corrected chi connectivity index (χ0v) is 11.7. The summed E-state index contributed by atoms with van der Waals surface area (Å²) >= 11 is 3.27. The van der Waals surface area contributed by atoms with E-state index in [0.717, 1.165) is 4.47 Å². The fourth-order valence-electron chi connectivity index (χ4n) is 1.61. The average Bonchev–Trinajstić information content (AvgIpc) is 2.90. The molecule has 0 aliphatic rings. The van der Waals surface area contributed by atoms with E-state index in [0.29, 0.717) is 18.5 Å². The van der Waals surface area contributed by atoms with Crippen molar-refractivity contribution in [1.82, 2.24) is 15.1 Å². The Morgan fingerprint density at radius 3 is 3.05 bits per heavy atom. The highest BCUT2D eigenvalue weighted by Crippen LogP contribution is 2.15. The summed E-state index contributed by atoms with van der Waals surface area (Å²) in [7, 11) is 0. The number of carbonyl (C=O) groups is 1. The first kappa shape index (κ1) is 13.7. The lowest BCUT2D eigenvalue weighted by Gasteiger charge is -2.07.